The van der Waals surface area contributed by atoms with Gasteiger partial charge in [-0.25, -0.2) is 13.8 Å². The fraction of sp³-hybridized carbons (Fsp3) is 0.463. The lowest BCUT2D eigenvalue weighted by Crippen LogP contribution is -2.63. The van der Waals surface area contributed by atoms with Crippen molar-refractivity contribution in [1.29, 1.82) is 0 Å². The Labute approximate surface area is 353 Å². The lowest BCUT2D eigenvalue weighted by Gasteiger charge is -2.47. The van der Waals surface area contributed by atoms with Gasteiger partial charge in [-0.3, -0.25) is 19.1 Å². The highest BCUT2D eigenvalue weighted by Crippen LogP contribution is 2.34. The molecule has 3 amide bonds. The van der Waals surface area contributed by atoms with Crippen molar-refractivity contribution in [2.45, 2.75) is 32.9 Å². The first-order valence-electron chi connectivity index (χ1n) is 20.0. The minimum atomic E-state index is -2.94. The first-order valence-corrected chi connectivity index (χ1v) is 20.4. The number of hydrogen-bond donors (Lipinski definition) is 2. The normalized spacial score (nSPS) is 19.6. The molecule has 4 aromatic rings. The van der Waals surface area contributed by atoms with Gasteiger partial charge in [0.05, 0.1) is 66.9 Å². The van der Waals surface area contributed by atoms with Crippen LogP contribution in [0.3, 0.4) is 0 Å². The molecule has 2 aromatic carbocycles. The van der Waals surface area contributed by atoms with Crippen molar-refractivity contribution >= 4 is 41.0 Å². The van der Waals surface area contributed by atoms with Crippen LogP contribution in [0.15, 0.2) is 42.7 Å². The van der Waals surface area contributed by atoms with E-state index in [9.17, 15) is 33.1 Å². The second-order valence-corrected chi connectivity index (χ2v) is 16.3. The van der Waals surface area contributed by atoms with Crippen molar-refractivity contribution in [1.82, 2.24) is 34.4 Å². The van der Waals surface area contributed by atoms with Crippen LogP contribution < -0.4 is 15.7 Å². The van der Waals surface area contributed by atoms with Crippen LogP contribution in [-0.2, 0) is 27.9 Å². The van der Waals surface area contributed by atoms with Gasteiger partial charge >= 0.3 is 6.61 Å². The SMILES string of the molecule is Cc1nn(CCOC(F)F)cc1-c1ccc(-c2cnc(C(=O)Nc3ccc(C(=O)N4CCN(C(=O)C5CC[N+](CC(=O)[O-])(CC6CNC6)CC5)CC4)c(Cl)c3)n2C)c(F)c1F. The maximum atomic E-state index is 15.6. The van der Waals surface area contributed by atoms with Crippen LogP contribution in [0.5, 0.6) is 0 Å². The maximum absolute atomic E-state index is 15.6. The number of hydrogen-bond acceptors (Lipinski definition) is 9. The number of ether oxygens (including phenoxy) is 1. The fourth-order valence-electron chi connectivity index (χ4n) is 8.54. The number of amides is 3. The van der Waals surface area contributed by atoms with Gasteiger partial charge in [-0.05, 0) is 31.2 Å². The summed E-state index contributed by atoms with van der Waals surface area (Å²) >= 11 is 6.56. The van der Waals surface area contributed by atoms with Gasteiger partial charge < -0.3 is 44.1 Å². The van der Waals surface area contributed by atoms with Crippen molar-refractivity contribution in [3.63, 3.8) is 0 Å². The molecule has 0 atom stereocenters. The average molecular weight is 872 g/mol. The van der Waals surface area contributed by atoms with E-state index in [1.54, 1.807) is 16.7 Å². The molecule has 20 heteroatoms. The quantitative estimate of drug-likeness (QED) is 0.143. The van der Waals surface area contributed by atoms with Crippen LogP contribution in [0, 0.1) is 30.4 Å². The van der Waals surface area contributed by atoms with E-state index in [0.29, 0.717) is 68.2 Å². The third-order valence-corrected chi connectivity index (χ3v) is 12.2. The minimum absolute atomic E-state index is 0.0210. The van der Waals surface area contributed by atoms with E-state index >= 15 is 8.78 Å². The Morgan fingerprint density at radius 3 is 2.31 bits per heavy atom. The molecule has 0 unspecified atom stereocenters. The summed E-state index contributed by atoms with van der Waals surface area (Å²) in [4.78, 5) is 59.5. The van der Waals surface area contributed by atoms with Crippen LogP contribution in [0.4, 0.5) is 23.2 Å². The topological polar surface area (TPSA) is 167 Å². The lowest BCUT2D eigenvalue weighted by molar-refractivity contribution is -0.931. The monoisotopic (exact) mass is 871 g/mol. The number of carbonyl (C=O) groups excluding carboxylic acids is 4. The van der Waals surface area contributed by atoms with Crippen LogP contribution in [0.25, 0.3) is 22.4 Å². The summed E-state index contributed by atoms with van der Waals surface area (Å²) in [5, 5.41) is 21.7. The third kappa shape index (κ3) is 9.59. The van der Waals surface area contributed by atoms with Crippen molar-refractivity contribution in [2.75, 3.05) is 77.4 Å². The molecule has 0 saturated carbocycles. The third-order valence-electron chi connectivity index (χ3n) is 11.9. The minimum Gasteiger partial charge on any atom is -0.544 e. The molecule has 3 aliphatic rings. The van der Waals surface area contributed by atoms with Gasteiger partial charge in [0, 0.05) is 99.6 Å². The summed E-state index contributed by atoms with van der Waals surface area (Å²) < 4.78 is 63.1. The Kier molecular flexibility index (Phi) is 13.1. The molecule has 5 heterocycles. The van der Waals surface area contributed by atoms with E-state index in [4.69, 9.17) is 11.6 Å². The van der Waals surface area contributed by atoms with E-state index in [1.807, 2.05) is 0 Å². The molecule has 3 saturated heterocycles. The summed E-state index contributed by atoms with van der Waals surface area (Å²) in [6, 6.07) is 7.11. The highest BCUT2D eigenvalue weighted by atomic mass is 35.5. The molecule has 326 valence electrons. The highest BCUT2D eigenvalue weighted by Gasteiger charge is 2.41. The molecule has 7 rings (SSSR count). The Bertz CT molecular complexity index is 2300. The number of alkyl halides is 2. The molecule has 61 heavy (non-hydrogen) atoms. The summed E-state index contributed by atoms with van der Waals surface area (Å²) in [5.74, 6) is -4.33. The van der Waals surface area contributed by atoms with Crippen LogP contribution in [0.2, 0.25) is 5.02 Å². The van der Waals surface area contributed by atoms with Crippen molar-refractivity contribution < 1.29 is 51.1 Å². The Morgan fingerprint density at radius 1 is 1.00 bits per heavy atom. The molecule has 3 fully saturated rings. The largest absolute Gasteiger partial charge is 0.544 e. The smallest absolute Gasteiger partial charge is 0.345 e. The number of aliphatic carboxylic acids is 1. The Morgan fingerprint density at radius 2 is 1.67 bits per heavy atom. The number of aryl methyl sites for hydroxylation is 1. The predicted octanol–water partition coefficient (Wildman–Crippen LogP) is 3.16. The van der Waals surface area contributed by atoms with Crippen molar-refractivity contribution in [2.24, 2.45) is 18.9 Å². The number of carboxylic acids is 1. The summed E-state index contributed by atoms with van der Waals surface area (Å²) in [6.07, 6.45) is 3.84. The van der Waals surface area contributed by atoms with Crippen LogP contribution >= 0.6 is 11.6 Å². The maximum Gasteiger partial charge on any atom is 0.345 e. The zero-order valence-corrected chi connectivity index (χ0v) is 34.4. The van der Waals surface area contributed by atoms with Gasteiger partial charge in [0.15, 0.2) is 17.5 Å². The van der Waals surface area contributed by atoms with Gasteiger partial charge in [-0.1, -0.05) is 17.7 Å². The van der Waals surface area contributed by atoms with Gasteiger partial charge in [0.2, 0.25) is 5.91 Å². The van der Waals surface area contributed by atoms with E-state index in [1.165, 1.54) is 59.0 Å². The number of nitrogens with zero attached hydrogens (tertiary/aromatic N) is 7. The number of imidazole rings is 1. The number of piperidine rings is 1. The first-order chi connectivity index (χ1) is 29.1. The number of halogens is 5. The number of piperazine rings is 1. The molecule has 3 aliphatic heterocycles. The van der Waals surface area contributed by atoms with Gasteiger partial charge in [-0.2, -0.15) is 13.9 Å². The summed E-state index contributed by atoms with van der Waals surface area (Å²) in [5.41, 5.74) is 0.925. The summed E-state index contributed by atoms with van der Waals surface area (Å²) in [6.45, 7) is 3.25. The Balaban J connectivity index is 0.934. The molecule has 0 radical (unpaired) electrons. The predicted molar refractivity (Wildman–Crippen MR) is 212 cm³/mol. The molecule has 2 N–H and O–H groups in total. The molecular formula is C41H46ClF4N9O6. The number of aromatic nitrogens is 4. The van der Waals surface area contributed by atoms with Crippen molar-refractivity contribution in [3.05, 3.63) is 76.5 Å². The summed E-state index contributed by atoms with van der Waals surface area (Å²) in [7, 11) is 1.47. The number of quaternary nitrogens is 1. The Hall–Kier alpha value is -5.37. The number of carboxylic acid groups (broad SMARTS) is 1. The van der Waals surface area contributed by atoms with E-state index < -0.39 is 30.1 Å². The number of benzene rings is 2. The number of rotatable bonds is 14. The molecule has 15 nitrogen and oxygen atoms in total. The fourth-order valence-corrected chi connectivity index (χ4v) is 8.80. The van der Waals surface area contributed by atoms with Crippen molar-refractivity contribution in [3.8, 4) is 22.4 Å². The molecule has 0 aliphatic carbocycles. The zero-order chi connectivity index (χ0) is 43.6. The van der Waals surface area contributed by atoms with Crippen LogP contribution in [0.1, 0.15) is 39.5 Å². The zero-order valence-electron chi connectivity index (χ0n) is 33.6. The number of likely N-dealkylation sites (tertiary alicyclic amines) is 1. The molecular weight excluding hydrogens is 826 g/mol. The van der Waals surface area contributed by atoms with Gasteiger partial charge in [-0.15, -0.1) is 0 Å². The van der Waals surface area contributed by atoms with Gasteiger partial charge in [0.1, 0.15) is 6.54 Å². The second-order valence-electron chi connectivity index (χ2n) is 15.9. The first kappa shape index (κ1) is 43.7. The van der Waals surface area contributed by atoms with E-state index in [-0.39, 0.29) is 81.9 Å². The molecule has 0 bridgehead atoms. The number of nitrogens with one attached hydrogen (secondary N) is 2. The van der Waals surface area contributed by atoms with E-state index in [2.05, 4.69) is 25.5 Å². The van der Waals surface area contributed by atoms with Crippen LogP contribution in [-0.4, -0.2) is 136 Å². The standard InChI is InChI=1S/C41H46ClF4N9O6/c1-24-31(21-54(50-24)13-16-61-41(45)46)28-5-6-30(36(44)35(28)43)33-20-48-37(51(33)2)38(58)49-27-3-4-29(32(42)17-27)40(60)53-11-9-52(10-12-53)39(59)26-7-14-55(15-8-26,23-34(56)57)22-25-18-47-19-25/h3-6,17,20-21,25-26,41,47H,7-16,18-19,22-23H2,1-2H3,(H-,49,56,57,58,60). The molecule has 2 aromatic heterocycles. The number of anilines is 1. The second kappa shape index (κ2) is 18.3. The average Bonchev–Trinajstić information content (AvgIpc) is 3.78. The van der Waals surface area contributed by atoms with E-state index in [0.717, 1.165) is 19.6 Å². The lowest BCUT2D eigenvalue weighted by atomic mass is 9.90. The number of carbonyl (C=O) groups is 4. The molecule has 0 spiro atoms. The highest BCUT2D eigenvalue weighted by molar-refractivity contribution is 6.34. The van der Waals surface area contributed by atoms with Gasteiger partial charge in [0.25, 0.3) is 11.8 Å².